The topological polar surface area (TPSA) is 67.8 Å². The summed E-state index contributed by atoms with van der Waals surface area (Å²) in [6.45, 7) is 4.74. The fraction of sp³-hybridized carbons (Fsp3) is 0.533. The summed E-state index contributed by atoms with van der Waals surface area (Å²) in [6, 6.07) is 2.05. The van der Waals surface area contributed by atoms with E-state index in [4.69, 9.17) is 10.2 Å². The number of H-pyrrole nitrogens is 1. The molecule has 0 aliphatic carbocycles. The number of nitrogens with two attached hydrogens (primary N) is 1. The summed E-state index contributed by atoms with van der Waals surface area (Å²) in [5.41, 5.74) is 7.64. The third kappa shape index (κ3) is 3.70. The molecule has 2 aromatic rings. The molecular weight excluding hydrogens is 238 g/mol. The minimum absolute atomic E-state index is 0.796. The van der Waals surface area contributed by atoms with E-state index in [1.807, 2.05) is 26.1 Å². The standard InChI is InChI=1S/C15H23N3O/c1-11-9-13(12(2)19-11)14-10-17-15(18-14)7-5-3-4-6-8-16/h9-10H,3-8,16H2,1-2H3,(H,17,18). The lowest BCUT2D eigenvalue weighted by atomic mass is 10.1. The molecule has 2 rings (SSSR count). The Morgan fingerprint density at radius 2 is 2.00 bits per heavy atom. The summed E-state index contributed by atoms with van der Waals surface area (Å²) in [6.07, 6.45) is 7.61. The molecule has 0 aromatic carbocycles. The van der Waals surface area contributed by atoms with Crippen molar-refractivity contribution >= 4 is 0 Å². The third-order valence-electron chi connectivity index (χ3n) is 3.33. The van der Waals surface area contributed by atoms with Crippen molar-refractivity contribution in [3.05, 3.63) is 29.6 Å². The number of furan rings is 1. The number of aryl methyl sites for hydroxylation is 3. The molecule has 0 aliphatic heterocycles. The maximum absolute atomic E-state index is 5.54. The van der Waals surface area contributed by atoms with Crippen molar-refractivity contribution in [3.63, 3.8) is 0 Å². The van der Waals surface area contributed by atoms with Gasteiger partial charge < -0.3 is 15.1 Å². The lowest BCUT2D eigenvalue weighted by molar-refractivity contribution is 0.505. The molecule has 4 nitrogen and oxygen atoms in total. The largest absolute Gasteiger partial charge is 0.466 e. The van der Waals surface area contributed by atoms with Crippen LogP contribution < -0.4 is 5.73 Å². The minimum Gasteiger partial charge on any atom is -0.466 e. The van der Waals surface area contributed by atoms with Gasteiger partial charge in [-0.15, -0.1) is 0 Å². The Labute approximate surface area is 114 Å². The highest BCUT2D eigenvalue weighted by molar-refractivity contribution is 5.61. The van der Waals surface area contributed by atoms with Crippen LogP contribution in [0.5, 0.6) is 0 Å². The number of rotatable bonds is 7. The summed E-state index contributed by atoms with van der Waals surface area (Å²) < 4.78 is 5.54. The van der Waals surface area contributed by atoms with Gasteiger partial charge in [0, 0.05) is 12.0 Å². The second-order valence-corrected chi connectivity index (χ2v) is 5.02. The van der Waals surface area contributed by atoms with E-state index < -0.39 is 0 Å². The van der Waals surface area contributed by atoms with Crippen LogP contribution >= 0.6 is 0 Å². The van der Waals surface area contributed by atoms with Gasteiger partial charge in [-0.25, -0.2) is 4.98 Å². The molecule has 0 radical (unpaired) electrons. The minimum atomic E-state index is 0.796. The van der Waals surface area contributed by atoms with Gasteiger partial charge in [-0.2, -0.15) is 0 Å². The molecule has 104 valence electrons. The SMILES string of the molecule is Cc1cc(-c2cnc(CCCCCCN)[nH]2)c(C)o1. The van der Waals surface area contributed by atoms with Crippen molar-refractivity contribution < 1.29 is 4.42 Å². The van der Waals surface area contributed by atoms with E-state index in [9.17, 15) is 0 Å². The first-order chi connectivity index (χ1) is 9.20. The number of imidazole rings is 1. The molecule has 0 unspecified atom stereocenters. The average molecular weight is 261 g/mol. The molecule has 0 bridgehead atoms. The number of hydrogen-bond donors (Lipinski definition) is 2. The number of aromatic amines is 1. The number of aromatic nitrogens is 2. The van der Waals surface area contributed by atoms with Gasteiger partial charge in [-0.05, 0) is 39.3 Å². The van der Waals surface area contributed by atoms with Gasteiger partial charge in [0.25, 0.3) is 0 Å². The van der Waals surface area contributed by atoms with Gasteiger partial charge in [0.15, 0.2) is 0 Å². The van der Waals surface area contributed by atoms with Crippen molar-refractivity contribution in [2.45, 2.75) is 46.0 Å². The quantitative estimate of drug-likeness (QED) is 0.751. The monoisotopic (exact) mass is 261 g/mol. The van der Waals surface area contributed by atoms with Crippen molar-refractivity contribution in [2.75, 3.05) is 6.54 Å². The zero-order valence-corrected chi connectivity index (χ0v) is 11.8. The van der Waals surface area contributed by atoms with Crippen molar-refractivity contribution in [1.29, 1.82) is 0 Å². The summed E-state index contributed by atoms with van der Waals surface area (Å²) >= 11 is 0. The van der Waals surface area contributed by atoms with E-state index in [1.54, 1.807) is 0 Å². The van der Waals surface area contributed by atoms with E-state index >= 15 is 0 Å². The van der Waals surface area contributed by atoms with E-state index in [1.165, 1.54) is 12.8 Å². The zero-order valence-electron chi connectivity index (χ0n) is 11.8. The average Bonchev–Trinajstić information content (AvgIpc) is 2.95. The van der Waals surface area contributed by atoms with Crippen LogP contribution in [-0.2, 0) is 6.42 Å². The van der Waals surface area contributed by atoms with Crippen LogP contribution in [0.15, 0.2) is 16.7 Å². The summed E-state index contributed by atoms with van der Waals surface area (Å²) in [5, 5.41) is 0. The lowest BCUT2D eigenvalue weighted by Crippen LogP contribution is -1.98. The Balaban J connectivity index is 1.90. The van der Waals surface area contributed by atoms with Gasteiger partial charge in [-0.1, -0.05) is 12.8 Å². The number of nitrogens with one attached hydrogen (secondary N) is 1. The number of hydrogen-bond acceptors (Lipinski definition) is 3. The number of unbranched alkanes of at least 4 members (excludes halogenated alkanes) is 3. The van der Waals surface area contributed by atoms with Gasteiger partial charge in [0.1, 0.15) is 17.3 Å². The highest BCUT2D eigenvalue weighted by atomic mass is 16.3. The zero-order chi connectivity index (χ0) is 13.7. The molecule has 0 aliphatic rings. The molecule has 2 heterocycles. The predicted octanol–water partition coefficient (Wildman–Crippen LogP) is 3.35. The third-order valence-corrected chi connectivity index (χ3v) is 3.33. The van der Waals surface area contributed by atoms with Gasteiger partial charge in [0.2, 0.25) is 0 Å². The molecule has 19 heavy (non-hydrogen) atoms. The molecule has 0 saturated heterocycles. The Kier molecular flexibility index (Phi) is 4.80. The van der Waals surface area contributed by atoms with Crippen LogP contribution in [0, 0.1) is 13.8 Å². The molecule has 0 spiro atoms. The fourth-order valence-electron chi connectivity index (χ4n) is 2.31. The Morgan fingerprint density at radius 3 is 2.68 bits per heavy atom. The van der Waals surface area contributed by atoms with Crippen LogP contribution in [0.2, 0.25) is 0 Å². The molecule has 0 amide bonds. The fourth-order valence-corrected chi connectivity index (χ4v) is 2.31. The van der Waals surface area contributed by atoms with Crippen molar-refractivity contribution in [1.82, 2.24) is 9.97 Å². The van der Waals surface area contributed by atoms with E-state index in [0.717, 1.165) is 54.4 Å². The van der Waals surface area contributed by atoms with Crippen molar-refractivity contribution in [3.8, 4) is 11.3 Å². The Bertz CT molecular complexity index is 513. The molecule has 2 aromatic heterocycles. The second kappa shape index (κ2) is 6.57. The van der Waals surface area contributed by atoms with Crippen LogP contribution in [0.3, 0.4) is 0 Å². The second-order valence-electron chi connectivity index (χ2n) is 5.02. The van der Waals surface area contributed by atoms with Gasteiger partial charge in [-0.3, -0.25) is 0 Å². The molecule has 0 atom stereocenters. The van der Waals surface area contributed by atoms with Crippen LogP contribution in [0.1, 0.15) is 43.0 Å². The van der Waals surface area contributed by atoms with E-state index in [0.29, 0.717) is 0 Å². The molecule has 3 N–H and O–H groups in total. The predicted molar refractivity (Wildman–Crippen MR) is 77.0 cm³/mol. The highest BCUT2D eigenvalue weighted by Crippen LogP contribution is 2.25. The first-order valence-corrected chi connectivity index (χ1v) is 7.02. The van der Waals surface area contributed by atoms with Crippen molar-refractivity contribution in [2.24, 2.45) is 5.73 Å². The van der Waals surface area contributed by atoms with Crippen LogP contribution in [0.4, 0.5) is 0 Å². The summed E-state index contributed by atoms with van der Waals surface area (Å²) in [5.74, 6) is 2.93. The first kappa shape index (κ1) is 13.9. The smallest absolute Gasteiger partial charge is 0.110 e. The normalized spacial score (nSPS) is 11.1. The van der Waals surface area contributed by atoms with Crippen LogP contribution in [0.25, 0.3) is 11.3 Å². The first-order valence-electron chi connectivity index (χ1n) is 7.02. The maximum atomic E-state index is 5.54. The van der Waals surface area contributed by atoms with Crippen LogP contribution in [-0.4, -0.2) is 16.5 Å². The lowest BCUT2D eigenvalue weighted by Gasteiger charge is -1.98. The molecule has 0 saturated carbocycles. The van der Waals surface area contributed by atoms with E-state index in [2.05, 4.69) is 9.97 Å². The maximum Gasteiger partial charge on any atom is 0.110 e. The van der Waals surface area contributed by atoms with E-state index in [-0.39, 0.29) is 0 Å². The summed E-state index contributed by atoms with van der Waals surface area (Å²) in [4.78, 5) is 7.82. The molecular formula is C15H23N3O. The number of nitrogens with zero attached hydrogens (tertiary/aromatic N) is 1. The molecule has 4 heteroatoms. The van der Waals surface area contributed by atoms with Gasteiger partial charge >= 0.3 is 0 Å². The Hall–Kier alpha value is -1.55. The Morgan fingerprint density at radius 1 is 1.21 bits per heavy atom. The van der Waals surface area contributed by atoms with Gasteiger partial charge in [0.05, 0.1) is 11.9 Å². The summed E-state index contributed by atoms with van der Waals surface area (Å²) in [7, 11) is 0. The molecule has 0 fully saturated rings. The highest BCUT2D eigenvalue weighted by Gasteiger charge is 2.09.